The number of nitrogens with two attached hydrogens (primary N) is 1. The Morgan fingerprint density at radius 1 is 1.26 bits per heavy atom. The SMILES string of the molecule is NC(=O)CC1CCCCN1C(=O)c1csc(-c2ccccc2)n1. The quantitative estimate of drug-likeness (QED) is 0.937. The van der Waals surface area contributed by atoms with Crippen molar-refractivity contribution in [1.82, 2.24) is 9.88 Å². The first-order valence-corrected chi connectivity index (χ1v) is 8.63. The van der Waals surface area contributed by atoms with E-state index in [2.05, 4.69) is 4.98 Å². The molecule has 1 unspecified atom stereocenters. The molecule has 1 saturated heterocycles. The summed E-state index contributed by atoms with van der Waals surface area (Å²) in [4.78, 5) is 30.2. The van der Waals surface area contributed by atoms with E-state index in [4.69, 9.17) is 5.73 Å². The number of hydrogen-bond acceptors (Lipinski definition) is 4. The fraction of sp³-hybridized carbons (Fsp3) is 0.353. The Morgan fingerprint density at radius 2 is 2.04 bits per heavy atom. The number of rotatable bonds is 4. The highest BCUT2D eigenvalue weighted by atomic mass is 32.1. The fourth-order valence-corrected chi connectivity index (χ4v) is 3.74. The number of primary amides is 1. The minimum atomic E-state index is -0.363. The van der Waals surface area contributed by atoms with Gasteiger partial charge in [-0.05, 0) is 19.3 Å². The normalized spacial score (nSPS) is 17.9. The highest BCUT2D eigenvalue weighted by Gasteiger charge is 2.29. The zero-order valence-corrected chi connectivity index (χ0v) is 13.6. The maximum atomic E-state index is 12.8. The third-order valence-corrected chi connectivity index (χ3v) is 4.96. The average Bonchev–Trinajstić information content (AvgIpc) is 3.05. The molecule has 2 aromatic rings. The van der Waals surface area contributed by atoms with E-state index in [1.807, 2.05) is 30.3 Å². The van der Waals surface area contributed by atoms with Gasteiger partial charge < -0.3 is 10.6 Å². The second-order valence-electron chi connectivity index (χ2n) is 5.72. The third-order valence-electron chi connectivity index (χ3n) is 4.07. The molecule has 3 rings (SSSR count). The lowest BCUT2D eigenvalue weighted by Crippen LogP contribution is -2.45. The minimum Gasteiger partial charge on any atom is -0.370 e. The molecule has 0 saturated carbocycles. The lowest BCUT2D eigenvalue weighted by molar-refractivity contribution is -0.119. The predicted molar refractivity (Wildman–Crippen MR) is 90.0 cm³/mol. The average molecular weight is 329 g/mol. The van der Waals surface area contributed by atoms with Crippen LogP contribution >= 0.6 is 11.3 Å². The zero-order valence-electron chi connectivity index (χ0n) is 12.8. The van der Waals surface area contributed by atoms with E-state index in [0.29, 0.717) is 12.2 Å². The number of aromatic nitrogens is 1. The Labute approximate surface area is 139 Å². The molecule has 2 N–H and O–H groups in total. The van der Waals surface area contributed by atoms with Gasteiger partial charge in [-0.25, -0.2) is 4.98 Å². The summed E-state index contributed by atoms with van der Waals surface area (Å²) >= 11 is 1.46. The molecule has 1 fully saturated rings. The van der Waals surface area contributed by atoms with Crippen LogP contribution in [0.5, 0.6) is 0 Å². The molecule has 0 aliphatic carbocycles. The first-order valence-electron chi connectivity index (χ1n) is 7.75. The zero-order chi connectivity index (χ0) is 16.2. The molecule has 0 bridgehead atoms. The van der Waals surface area contributed by atoms with Gasteiger partial charge in [0.25, 0.3) is 5.91 Å². The van der Waals surface area contributed by atoms with Crippen molar-refractivity contribution in [3.63, 3.8) is 0 Å². The highest BCUT2D eigenvalue weighted by Crippen LogP contribution is 2.26. The Morgan fingerprint density at radius 3 is 2.78 bits per heavy atom. The lowest BCUT2D eigenvalue weighted by atomic mass is 9.98. The van der Waals surface area contributed by atoms with Crippen LogP contribution in [0.3, 0.4) is 0 Å². The summed E-state index contributed by atoms with van der Waals surface area (Å²) in [5.74, 6) is -0.465. The van der Waals surface area contributed by atoms with E-state index >= 15 is 0 Å². The summed E-state index contributed by atoms with van der Waals surface area (Å²) in [6, 6.07) is 9.70. The molecule has 23 heavy (non-hydrogen) atoms. The van der Waals surface area contributed by atoms with Gasteiger partial charge in [0.05, 0.1) is 0 Å². The molecule has 1 aliphatic heterocycles. The van der Waals surface area contributed by atoms with E-state index in [1.54, 1.807) is 10.3 Å². The number of carbonyl (C=O) groups is 2. The molecular weight excluding hydrogens is 310 g/mol. The second-order valence-corrected chi connectivity index (χ2v) is 6.58. The number of nitrogens with zero attached hydrogens (tertiary/aromatic N) is 2. The van der Waals surface area contributed by atoms with Crippen molar-refractivity contribution < 1.29 is 9.59 Å². The van der Waals surface area contributed by atoms with Crippen LogP contribution in [0.4, 0.5) is 0 Å². The van der Waals surface area contributed by atoms with Crippen LogP contribution in [0.15, 0.2) is 35.7 Å². The number of thiazole rings is 1. The summed E-state index contributed by atoms with van der Waals surface area (Å²) < 4.78 is 0. The molecule has 1 aromatic heterocycles. The molecule has 0 radical (unpaired) electrons. The van der Waals surface area contributed by atoms with E-state index < -0.39 is 0 Å². The van der Waals surface area contributed by atoms with E-state index in [9.17, 15) is 9.59 Å². The van der Waals surface area contributed by atoms with E-state index in [-0.39, 0.29) is 24.3 Å². The highest BCUT2D eigenvalue weighted by molar-refractivity contribution is 7.13. The Kier molecular flexibility index (Phi) is 4.71. The van der Waals surface area contributed by atoms with Crippen LogP contribution in [0.2, 0.25) is 0 Å². The van der Waals surface area contributed by atoms with Gasteiger partial charge in [-0.1, -0.05) is 30.3 Å². The molecule has 5 nitrogen and oxygen atoms in total. The van der Waals surface area contributed by atoms with Crippen molar-refractivity contribution in [2.45, 2.75) is 31.7 Å². The van der Waals surface area contributed by atoms with Crippen molar-refractivity contribution in [3.8, 4) is 10.6 Å². The van der Waals surface area contributed by atoms with Gasteiger partial charge in [0.15, 0.2) is 0 Å². The van der Waals surface area contributed by atoms with Crippen molar-refractivity contribution in [2.24, 2.45) is 5.73 Å². The summed E-state index contributed by atoms with van der Waals surface area (Å²) in [5, 5.41) is 2.62. The van der Waals surface area contributed by atoms with Gasteiger partial charge in [-0.2, -0.15) is 0 Å². The molecule has 1 aliphatic rings. The van der Waals surface area contributed by atoms with Crippen LogP contribution in [0.25, 0.3) is 10.6 Å². The Bertz CT molecular complexity index is 699. The summed E-state index contributed by atoms with van der Waals surface area (Å²) in [6.07, 6.45) is 3.02. The first kappa shape index (κ1) is 15.7. The number of piperidine rings is 1. The molecule has 6 heteroatoms. The van der Waals surface area contributed by atoms with Gasteiger partial charge in [0.1, 0.15) is 10.7 Å². The van der Waals surface area contributed by atoms with Gasteiger partial charge >= 0.3 is 0 Å². The molecular formula is C17H19N3O2S. The number of carbonyl (C=O) groups excluding carboxylic acids is 2. The van der Waals surface area contributed by atoms with Crippen molar-refractivity contribution in [2.75, 3.05) is 6.54 Å². The van der Waals surface area contributed by atoms with Crippen molar-refractivity contribution >= 4 is 23.2 Å². The molecule has 1 aromatic carbocycles. The van der Waals surface area contributed by atoms with Crippen LogP contribution in [0, 0.1) is 0 Å². The minimum absolute atomic E-state index is 0.101. The summed E-state index contributed by atoms with van der Waals surface area (Å²) in [5.41, 5.74) is 6.77. The van der Waals surface area contributed by atoms with E-state index in [1.165, 1.54) is 11.3 Å². The van der Waals surface area contributed by atoms with Crippen molar-refractivity contribution in [3.05, 3.63) is 41.4 Å². The fourth-order valence-electron chi connectivity index (χ4n) is 2.94. The molecule has 0 spiro atoms. The standard InChI is InChI=1S/C17H19N3O2S/c18-15(21)10-13-8-4-5-9-20(13)17(22)14-11-23-16(19-14)12-6-2-1-3-7-12/h1-3,6-7,11,13H,4-5,8-10H2,(H2,18,21). The van der Waals surface area contributed by atoms with Crippen LogP contribution in [-0.4, -0.2) is 34.3 Å². The Hall–Kier alpha value is -2.21. The predicted octanol–water partition coefficient (Wildman–Crippen LogP) is 2.68. The topological polar surface area (TPSA) is 76.3 Å². The van der Waals surface area contributed by atoms with Crippen LogP contribution < -0.4 is 5.73 Å². The second kappa shape index (κ2) is 6.91. The molecule has 120 valence electrons. The van der Waals surface area contributed by atoms with Gasteiger partial charge in [-0.3, -0.25) is 9.59 Å². The van der Waals surface area contributed by atoms with Gasteiger partial charge in [0, 0.05) is 30.0 Å². The molecule has 2 amide bonds. The van der Waals surface area contributed by atoms with Gasteiger partial charge in [0.2, 0.25) is 5.91 Å². The van der Waals surface area contributed by atoms with Crippen LogP contribution in [0.1, 0.15) is 36.2 Å². The summed E-state index contributed by atoms with van der Waals surface area (Å²) in [6.45, 7) is 0.662. The number of likely N-dealkylation sites (tertiary alicyclic amines) is 1. The monoisotopic (exact) mass is 329 g/mol. The maximum Gasteiger partial charge on any atom is 0.273 e. The Balaban J connectivity index is 1.79. The number of hydrogen-bond donors (Lipinski definition) is 1. The van der Waals surface area contributed by atoms with E-state index in [0.717, 1.165) is 29.8 Å². The smallest absolute Gasteiger partial charge is 0.273 e. The molecule has 1 atom stereocenters. The molecule has 2 heterocycles. The lowest BCUT2D eigenvalue weighted by Gasteiger charge is -2.34. The first-order chi connectivity index (χ1) is 11.1. The van der Waals surface area contributed by atoms with Gasteiger partial charge in [-0.15, -0.1) is 11.3 Å². The number of benzene rings is 1. The van der Waals surface area contributed by atoms with Crippen molar-refractivity contribution in [1.29, 1.82) is 0 Å². The largest absolute Gasteiger partial charge is 0.370 e. The third kappa shape index (κ3) is 3.59. The number of amides is 2. The van der Waals surface area contributed by atoms with Crippen LogP contribution in [-0.2, 0) is 4.79 Å². The maximum absolute atomic E-state index is 12.8. The summed E-state index contributed by atoms with van der Waals surface area (Å²) in [7, 11) is 0.